The molecule has 0 aliphatic heterocycles. The number of thioether (sulfide) groups is 1. The molecule has 1 heterocycles. The molecule has 146 valence electrons. The number of nitrogens with zero attached hydrogens (tertiary/aromatic N) is 2. The molecule has 0 aliphatic carbocycles. The lowest BCUT2D eigenvalue weighted by molar-refractivity contribution is -0.115. The van der Waals surface area contributed by atoms with Gasteiger partial charge >= 0.3 is 0 Å². The standard InChI is InChI=1S/C20H20ClN3O2S2/c1-26-16-7-2-14(3-8-16)4-11-19-23-24-20(28-19)22-18(25)12-13-27-17-9-5-15(21)6-10-17/h2-3,5-10H,4,11-13H2,1H3,(H,22,24,25). The summed E-state index contributed by atoms with van der Waals surface area (Å²) in [6.07, 6.45) is 2.06. The topological polar surface area (TPSA) is 64.1 Å². The molecule has 0 bridgehead atoms. The number of amides is 1. The molecule has 1 N–H and O–H groups in total. The summed E-state index contributed by atoms with van der Waals surface area (Å²) in [6.45, 7) is 0. The Balaban J connectivity index is 1.40. The molecular formula is C20H20ClN3O2S2. The van der Waals surface area contributed by atoms with E-state index in [0.717, 1.165) is 28.5 Å². The van der Waals surface area contributed by atoms with E-state index in [9.17, 15) is 4.79 Å². The lowest BCUT2D eigenvalue weighted by Crippen LogP contribution is -2.11. The monoisotopic (exact) mass is 433 g/mol. The molecule has 1 aromatic heterocycles. The fourth-order valence-corrected chi connectivity index (χ4v) is 4.16. The first kappa shape index (κ1) is 20.6. The number of halogens is 1. The Morgan fingerprint density at radius 3 is 2.57 bits per heavy atom. The van der Waals surface area contributed by atoms with E-state index in [4.69, 9.17) is 16.3 Å². The maximum Gasteiger partial charge on any atom is 0.227 e. The third-order valence-electron chi connectivity index (χ3n) is 3.91. The summed E-state index contributed by atoms with van der Waals surface area (Å²) in [5.74, 6) is 1.48. The molecule has 3 aromatic rings. The van der Waals surface area contributed by atoms with Gasteiger partial charge in [0, 0.05) is 28.5 Å². The lowest BCUT2D eigenvalue weighted by atomic mass is 10.1. The van der Waals surface area contributed by atoms with E-state index in [0.29, 0.717) is 22.3 Å². The zero-order chi connectivity index (χ0) is 19.8. The first-order chi connectivity index (χ1) is 13.6. The number of methoxy groups -OCH3 is 1. The van der Waals surface area contributed by atoms with Gasteiger partial charge in [-0.05, 0) is 48.4 Å². The minimum atomic E-state index is -0.0562. The van der Waals surface area contributed by atoms with Crippen LogP contribution in [0.15, 0.2) is 53.4 Å². The molecule has 0 saturated heterocycles. The largest absolute Gasteiger partial charge is 0.497 e. The Bertz CT molecular complexity index is 899. The Morgan fingerprint density at radius 1 is 1.11 bits per heavy atom. The lowest BCUT2D eigenvalue weighted by Gasteiger charge is -2.02. The highest BCUT2D eigenvalue weighted by molar-refractivity contribution is 7.99. The normalized spacial score (nSPS) is 10.6. The van der Waals surface area contributed by atoms with Crippen molar-refractivity contribution in [3.05, 3.63) is 64.1 Å². The molecule has 1 amide bonds. The van der Waals surface area contributed by atoms with Gasteiger partial charge in [0.25, 0.3) is 0 Å². The van der Waals surface area contributed by atoms with Crippen LogP contribution in [0.4, 0.5) is 5.13 Å². The van der Waals surface area contributed by atoms with Crippen molar-refractivity contribution >= 4 is 45.7 Å². The van der Waals surface area contributed by atoms with E-state index in [1.165, 1.54) is 16.9 Å². The number of benzene rings is 2. The van der Waals surface area contributed by atoms with Gasteiger partial charge in [-0.3, -0.25) is 4.79 Å². The number of nitrogens with one attached hydrogen (secondary N) is 1. The highest BCUT2D eigenvalue weighted by Gasteiger charge is 2.09. The molecule has 0 radical (unpaired) electrons. The number of hydrogen-bond acceptors (Lipinski definition) is 6. The number of carbonyl (C=O) groups excluding carboxylic acids is 1. The highest BCUT2D eigenvalue weighted by atomic mass is 35.5. The van der Waals surface area contributed by atoms with E-state index in [2.05, 4.69) is 15.5 Å². The predicted octanol–water partition coefficient (Wildman–Crippen LogP) is 5.11. The summed E-state index contributed by atoms with van der Waals surface area (Å²) >= 11 is 8.91. The third kappa shape index (κ3) is 6.51. The van der Waals surface area contributed by atoms with Crippen molar-refractivity contribution < 1.29 is 9.53 Å². The SMILES string of the molecule is COc1ccc(CCc2nnc(NC(=O)CCSc3ccc(Cl)cc3)s2)cc1. The van der Waals surface area contributed by atoms with Crippen molar-refractivity contribution in [1.29, 1.82) is 0 Å². The number of anilines is 1. The number of ether oxygens (including phenoxy) is 1. The summed E-state index contributed by atoms with van der Waals surface area (Å²) in [6, 6.07) is 15.6. The third-order valence-corrected chi connectivity index (χ3v) is 6.08. The molecule has 2 aromatic carbocycles. The minimum Gasteiger partial charge on any atom is -0.497 e. The Labute approximate surface area is 177 Å². The van der Waals surface area contributed by atoms with Gasteiger partial charge in [-0.25, -0.2) is 0 Å². The Kier molecular flexibility index (Phi) is 7.71. The van der Waals surface area contributed by atoms with Crippen molar-refractivity contribution in [3.8, 4) is 5.75 Å². The zero-order valence-corrected chi connectivity index (χ0v) is 17.7. The number of carbonyl (C=O) groups is 1. The molecule has 8 heteroatoms. The van der Waals surface area contributed by atoms with E-state index in [1.807, 2.05) is 48.5 Å². The van der Waals surface area contributed by atoms with Crippen LogP contribution in [0.1, 0.15) is 17.0 Å². The summed E-state index contributed by atoms with van der Waals surface area (Å²) in [5.41, 5.74) is 1.21. The predicted molar refractivity (Wildman–Crippen MR) is 116 cm³/mol. The molecule has 0 atom stereocenters. The second-order valence-electron chi connectivity index (χ2n) is 5.95. The molecule has 0 spiro atoms. The Morgan fingerprint density at radius 2 is 1.86 bits per heavy atom. The molecule has 0 saturated carbocycles. The van der Waals surface area contributed by atoms with Gasteiger partial charge in [-0.15, -0.1) is 22.0 Å². The average molecular weight is 434 g/mol. The number of aryl methyl sites for hydroxylation is 2. The van der Waals surface area contributed by atoms with E-state index in [-0.39, 0.29) is 5.91 Å². The molecular weight excluding hydrogens is 414 g/mol. The van der Waals surface area contributed by atoms with Crippen molar-refractivity contribution in [3.63, 3.8) is 0 Å². The van der Waals surface area contributed by atoms with Crippen molar-refractivity contribution in [2.75, 3.05) is 18.2 Å². The molecule has 28 heavy (non-hydrogen) atoms. The van der Waals surface area contributed by atoms with Crippen LogP contribution in [0.5, 0.6) is 5.75 Å². The summed E-state index contributed by atoms with van der Waals surface area (Å²) in [7, 11) is 1.66. The van der Waals surface area contributed by atoms with Gasteiger partial charge in [-0.1, -0.05) is 35.1 Å². The quantitative estimate of drug-likeness (QED) is 0.475. The van der Waals surface area contributed by atoms with Crippen LogP contribution in [0.3, 0.4) is 0 Å². The second-order valence-corrected chi connectivity index (χ2v) is 8.62. The van der Waals surface area contributed by atoms with Gasteiger partial charge in [0.05, 0.1) is 7.11 Å². The summed E-state index contributed by atoms with van der Waals surface area (Å²) < 4.78 is 5.16. The maximum absolute atomic E-state index is 12.1. The molecule has 3 rings (SSSR count). The van der Waals surface area contributed by atoms with Crippen LogP contribution < -0.4 is 10.1 Å². The number of hydrogen-bond donors (Lipinski definition) is 1. The maximum atomic E-state index is 12.1. The van der Waals surface area contributed by atoms with Crippen LogP contribution in [0.25, 0.3) is 0 Å². The van der Waals surface area contributed by atoms with Crippen LogP contribution in [0, 0.1) is 0 Å². The summed E-state index contributed by atoms with van der Waals surface area (Å²) in [5, 5.41) is 13.2. The Hall–Kier alpha value is -2.09. The van der Waals surface area contributed by atoms with Crippen LogP contribution >= 0.6 is 34.7 Å². The van der Waals surface area contributed by atoms with Gasteiger partial charge < -0.3 is 10.1 Å². The van der Waals surface area contributed by atoms with E-state index < -0.39 is 0 Å². The summed E-state index contributed by atoms with van der Waals surface area (Å²) in [4.78, 5) is 13.2. The van der Waals surface area contributed by atoms with Crippen molar-refractivity contribution in [1.82, 2.24) is 10.2 Å². The van der Waals surface area contributed by atoms with Crippen LogP contribution in [-0.2, 0) is 17.6 Å². The van der Waals surface area contributed by atoms with Crippen LogP contribution in [0.2, 0.25) is 5.02 Å². The first-order valence-electron chi connectivity index (χ1n) is 8.76. The average Bonchev–Trinajstić information content (AvgIpc) is 3.15. The van der Waals surface area contributed by atoms with Gasteiger partial charge in [0.1, 0.15) is 10.8 Å². The van der Waals surface area contributed by atoms with E-state index >= 15 is 0 Å². The number of rotatable bonds is 9. The van der Waals surface area contributed by atoms with Crippen molar-refractivity contribution in [2.45, 2.75) is 24.2 Å². The molecule has 5 nitrogen and oxygen atoms in total. The highest BCUT2D eigenvalue weighted by Crippen LogP contribution is 2.22. The van der Waals surface area contributed by atoms with Crippen molar-refractivity contribution in [2.24, 2.45) is 0 Å². The fourth-order valence-electron chi connectivity index (χ4n) is 2.42. The van der Waals surface area contributed by atoms with Crippen LogP contribution in [-0.4, -0.2) is 29.0 Å². The number of aromatic nitrogens is 2. The van der Waals surface area contributed by atoms with Gasteiger partial charge in [-0.2, -0.15) is 0 Å². The smallest absolute Gasteiger partial charge is 0.227 e. The fraction of sp³-hybridized carbons (Fsp3) is 0.250. The first-order valence-corrected chi connectivity index (χ1v) is 10.9. The zero-order valence-electron chi connectivity index (χ0n) is 15.4. The minimum absolute atomic E-state index is 0.0562. The van der Waals surface area contributed by atoms with Gasteiger partial charge in [0.15, 0.2) is 0 Å². The molecule has 0 aliphatic rings. The molecule has 0 fully saturated rings. The second kappa shape index (κ2) is 10.5. The molecule has 0 unspecified atom stereocenters. The van der Waals surface area contributed by atoms with E-state index in [1.54, 1.807) is 18.9 Å². The van der Waals surface area contributed by atoms with Gasteiger partial charge in [0.2, 0.25) is 11.0 Å².